The van der Waals surface area contributed by atoms with Crippen molar-refractivity contribution in [2.45, 2.75) is 63.3 Å². The van der Waals surface area contributed by atoms with Gasteiger partial charge in [-0.25, -0.2) is 0 Å². The lowest BCUT2D eigenvalue weighted by Crippen LogP contribution is -2.62. The first-order valence-corrected chi connectivity index (χ1v) is 6.96. The summed E-state index contributed by atoms with van der Waals surface area (Å²) in [5.74, 6) is 0.173. The standard InChI is InChI=1S/C13H25NO6/c1-8(16)5-3-2-4-6-19-13-10(14)12(18)11(17)9(7-15)20-13/h9-13,15,17-18H,2-7,14H2,1H3/t9?,10-,11-,12?,13+/m0/s1. The number of carbonyl (C=O) groups is 1. The number of nitrogens with two attached hydrogens (primary N) is 1. The van der Waals surface area contributed by atoms with Crippen LogP contribution in [0.3, 0.4) is 0 Å². The van der Waals surface area contributed by atoms with Crippen molar-refractivity contribution in [1.29, 1.82) is 0 Å². The summed E-state index contributed by atoms with van der Waals surface area (Å²) in [6.07, 6.45) is -1.16. The first-order chi connectivity index (χ1) is 9.47. The minimum atomic E-state index is -1.22. The molecule has 0 aromatic heterocycles. The SMILES string of the molecule is CC(=O)CCCCCO[C@@H]1OC(CO)[C@H](O)C(O)[C@@H]1N. The highest BCUT2D eigenvalue weighted by Gasteiger charge is 2.42. The first kappa shape index (κ1) is 17.5. The molecule has 7 nitrogen and oxygen atoms in total. The fraction of sp³-hybridized carbons (Fsp3) is 0.923. The second-order valence-electron chi connectivity index (χ2n) is 5.17. The number of carbonyl (C=O) groups excluding carboxylic acids is 1. The van der Waals surface area contributed by atoms with Gasteiger partial charge in [-0.15, -0.1) is 0 Å². The van der Waals surface area contributed by atoms with Gasteiger partial charge < -0.3 is 35.3 Å². The van der Waals surface area contributed by atoms with Crippen molar-refractivity contribution < 1.29 is 29.6 Å². The van der Waals surface area contributed by atoms with E-state index in [-0.39, 0.29) is 5.78 Å². The van der Waals surface area contributed by atoms with E-state index in [9.17, 15) is 15.0 Å². The first-order valence-electron chi connectivity index (χ1n) is 6.96. The van der Waals surface area contributed by atoms with Gasteiger partial charge in [-0.05, 0) is 19.8 Å². The number of rotatable bonds is 8. The van der Waals surface area contributed by atoms with Gasteiger partial charge in [0.15, 0.2) is 6.29 Å². The minimum Gasteiger partial charge on any atom is -0.394 e. The number of ether oxygens (including phenoxy) is 2. The molecule has 2 unspecified atom stereocenters. The van der Waals surface area contributed by atoms with Gasteiger partial charge in [0, 0.05) is 13.0 Å². The van der Waals surface area contributed by atoms with Gasteiger partial charge in [-0.2, -0.15) is 0 Å². The average Bonchev–Trinajstić information content (AvgIpc) is 2.42. The quantitative estimate of drug-likeness (QED) is 0.419. The van der Waals surface area contributed by atoms with Crippen molar-refractivity contribution in [3.8, 4) is 0 Å². The van der Waals surface area contributed by atoms with Crippen LogP contribution in [0.4, 0.5) is 0 Å². The van der Waals surface area contributed by atoms with Crippen LogP contribution in [0.5, 0.6) is 0 Å². The van der Waals surface area contributed by atoms with E-state index in [2.05, 4.69) is 0 Å². The van der Waals surface area contributed by atoms with Crippen molar-refractivity contribution in [1.82, 2.24) is 0 Å². The van der Waals surface area contributed by atoms with Crippen LogP contribution in [-0.2, 0) is 14.3 Å². The Hall–Kier alpha value is -0.570. The molecule has 5 N–H and O–H groups in total. The zero-order valence-electron chi connectivity index (χ0n) is 11.8. The summed E-state index contributed by atoms with van der Waals surface area (Å²) in [5, 5.41) is 28.4. The predicted octanol–water partition coefficient (Wildman–Crippen LogP) is -1.08. The van der Waals surface area contributed by atoms with E-state index in [1.54, 1.807) is 6.92 Å². The Labute approximate surface area is 118 Å². The van der Waals surface area contributed by atoms with Crippen molar-refractivity contribution in [2.75, 3.05) is 13.2 Å². The van der Waals surface area contributed by atoms with Crippen LogP contribution in [0.15, 0.2) is 0 Å². The van der Waals surface area contributed by atoms with Gasteiger partial charge in [0.1, 0.15) is 24.1 Å². The smallest absolute Gasteiger partial charge is 0.175 e. The number of unbranched alkanes of at least 4 members (excludes halogenated alkanes) is 2. The van der Waals surface area contributed by atoms with Gasteiger partial charge >= 0.3 is 0 Å². The topological polar surface area (TPSA) is 122 Å². The Morgan fingerprint density at radius 1 is 1.25 bits per heavy atom. The average molecular weight is 291 g/mol. The van der Waals surface area contributed by atoms with E-state index in [1.165, 1.54) is 0 Å². The lowest BCUT2D eigenvalue weighted by molar-refractivity contribution is -0.265. The Morgan fingerprint density at radius 3 is 2.55 bits per heavy atom. The number of aliphatic hydroxyl groups is 3. The van der Waals surface area contributed by atoms with E-state index in [1.807, 2.05) is 0 Å². The molecule has 0 bridgehead atoms. The third-order valence-electron chi connectivity index (χ3n) is 3.38. The van der Waals surface area contributed by atoms with E-state index >= 15 is 0 Å². The predicted molar refractivity (Wildman–Crippen MR) is 70.8 cm³/mol. The molecule has 118 valence electrons. The Bertz CT molecular complexity index is 299. The Kier molecular flexibility index (Phi) is 7.57. The van der Waals surface area contributed by atoms with Crippen LogP contribution in [0.25, 0.3) is 0 Å². The molecular formula is C13H25NO6. The molecule has 1 aliphatic heterocycles. The molecular weight excluding hydrogens is 266 g/mol. The van der Waals surface area contributed by atoms with Gasteiger partial charge in [-0.3, -0.25) is 0 Å². The maximum atomic E-state index is 10.8. The van der Waals surface area contributed by atoms with Gasteiger partial charge in [0.25, 0.3) is 0 Å². The minimum absolute atomic E-state index is 0.173. The molecule has 0 aromatic rings. The molecule has 0 radical (unpaired) electrons. The largest absolute Gasteiger partial charge is 0.394 e. The summed E-state index contributed by atoms with van der Waals surface area (Å²) >= 11 is 0. The molecule has 1 saturated heterocycles. The summed E-state index contributed by atoms with van der Waals surface area (Å²) < 4.78 is 10.8. The van der Waals surface area contributed by atoms with E-state index in [4.69, 9.17) is 20.3 Å². The summed E-state index contributed by atoms with van der Waals surface area (Å²) in [5.41, 5.74) is 5.72. The molecule has 0 amide bonds. The van der Waals surface area contributed by atoms with Gasteiger partial charge in [0.2, 0.25) is 0 Å². The van der Waals surface area contributed by atoms with Crippen LogP contribution in [-0.4, -0.2) is 65.0 Å². The number of hydrogen-bond donors (Lipinski definition) is 4. The molecule has 0 aliphatic carbocycles. The normalized spacial score (nSPS) is 34.1. The molecule has 0 aromatic carbocycles. The molecule has 1 rings (SSSR count). The molecule has 0 spiro atoms. The van der Waals surface area contributed by atoms with E-state index in [0.29, 0.717) is 13.0 Å². The van der Waals surface area contributed by atoms with Crippen molar-refractivity contribution >= 4 is 5.78 Å². The summed E-state index contributed by atoms with van der Waals surface area (Å²) in [6, 6.07) is -0.856. The van der Waals surface area contributed by atoms with Crippen LogP contribution >= 0.6 is 0 Å². The fourth-order valence-corrected chi connectivity index (χ4v) is 2.11. The second-order valence-corrected chi connectivity index (χ2v) is 5.17. The summed E-state index contributed by atoms with van der Waals surface area (Å²) in [7, 11) is 0. The molecule has 1 aliphatic rings. The van der Waals surface area contributed by atoms with Crippen LogP contribution in [0, 0.1) is 0 Å². The van der Waals surface area contributed by atoms with Crippen molar-refractivity contribution in [3.63, 3.8) is 0 Å². The molecule has 20 heavy (non-hydrogen) atoms. The monoisotopic (exact) mass is 291 g/mol. The maximum absolute atomic E-state index is 10.8. The Morgan fingerprint density at radius 2 is 1.95 bits per heavy atom. The molecule has 7 heteroatoms. The molecule has 5 atom stereocenters. The highest BCUT2D eigenvalue weighted by atomic mass is 16.7. The van der Waals surface area contributed by atoms with Crippen LogP contribution in [0.1, 0.15) is 32.6 Å². The zero-order chi connectivity index (χ0) is 15.1. The van der Waals surface area contributed by atoms with E-state index in [0.717, 1.165) is 19.3 Å². The fourth-order valence-electron chi connectivity index (χ4n) is 2.11. The van der Waals surface area contributed by atoms with Crippen LogP contribution < -0.4 is 5.73 Å². The van der Waals surface area contributed by atoms with Gasteiger partial charge in [-0.1, -0.05) is 6.42 Å². The van der Waals surface area contributed by atoms with Crippen LogP contribution in [0.2, 0.25) is 0 Å². The third-order valence-corrected chi connectivity index (χ3v) is 3.38. The maximum Gasteiger partial charge on any atom is 0.175 e. The third kappa shape index (κ3) is 5.08. The number of ketones is 1. The lowest BCUT2D eigenvalue weighted by Gasteiger charge is -2.40. The van der Waals surface area contributed by atoms with Crippen molar-refractivity contribution in [2.24, 2.45) is 5.73 Å². The van der Waals surface area contributed by atoms with Gasteiger partial charge in [0.05, 0.1) is 12.6 Å². The molecule has 1 heterocycles. The lowest BCUT2D eigenvalue weighted by atomic mass is 9.98. The highest BCUT2D eigenvalue weighted by molar-refractivity contribution is 5.75. The molecule has 1 fully saturated rings. The summed E-state index contributed by atoms with van der Waals surface area (Å²) in [4.78, 5) is 10.8. The number of hydrogen-bond acceptors (Lipinski definition) is 7. The zero-order valence-corrected chi connectivity index (χ0v) is 11.8. The Balaban J connectivity index is 2.26. The van der Waals surface area contributed by atoms with Crippen molar-refractivity contribution in [3.05, 3.63) is 0 Å². The molecule has 0 saturated carbocycles. The second kappa shape index (κ2) is 8.66. The summed E-state index contributed by atoms with van der Waals surface area (Å²) in [6.45, 7) is 1.54. The highest BCUT2D eigenvalue weighted by Crippen LogP contribution is 2.20. The van der Waals surface area contributed by atoms with E-state index < -0.39 is 37.3 Å². The number of Topliss-reactive ketones (excluding diaryl/α,β-unsaturated/α-hetero) is 1. The number of aliphatic hydroxyl groups excluding tert-OH is 3.